The minimum absolute atomic E-state index is 0.298. The Morgan fingerprint density at radius 1 is 1.14 bits per heavy atom. The van der Waals surface area contributed by atoms with E-state index >= 15 is 0 Å². The van der Waals surface area contributed by atoms with Gasteiger partial charge >= 0.3 is 0 Å². The van der Waals surface area contributed by atoms with Gasteiger partial charge in [0.15, 0.2) is 0 Å². The lowest BCUT2D eigenvalue weighted by molar-refractivity contribution is 0.470. The van der Waals surface area contributed by atoms with Crippen molar-refractivity contribution >= 4 is 11.4 Å². The summed E-state index contributed by atoms with van der Waals surface area (Å²) in [7, 11) is 0. The Kier molecular flexibility index (Phi) is 2.48. The molecule has 0 aromatic heterocycles. The fraction of sp³-hybridized carbons (Fsp3) is 0.455. The third-order valence-electron chi connectivity index (χ3n) is 2.72. The minimum Gasteiger partial charge on any atom is -0.506 e. The summed E-state index contributed by atoms with van der Waals surface area (Å²) >= 11 is 0. The summed E-state index contributed by atoms with van der Waals surface area (Å²) in [6.07, 6.45) is 3.66. The van der Waals surface area contributed by atoms with Gasteiger partial charge in [-0.2, -0.15) is 0 Å². The molecule has 1 aliphatic rings. The van der Waals surface area contributed by atoms with Gasteiger partial charge < -0.3 is 15.7 Å². The van der Waals surface area contributed by atoms with Gasteiger partial charge in [0, 0.05) is 13.1 Å². The molecule has 0 amide bonds. The van der Waals surface area contributed by atoms with Gasteiger partial charge in [-0.1, -0.05) is 6.07 Å². The van der Waals surface area contributed by atoms with Crippen LogP contribution in [0.5, 0.6) is 5.75 Å². The minimum atomic E-state index is 0.298. The molecule has 0 bridgehead atoms. The number of anilines is 2. The van der Waals surface area contributed by atoms with Crippen molar-refractivity contribution in [3.63, 3.8) is 0 Å². The first kappa shape index (κ1) is 9.19. The average molecular weight is 192 g/mol. The monoisotopic (exact) mass is 192 g/mol. The zero-order chi connectivity index (χ0) is 9.97. The van der Waals surface area contributed by atoms with Gasteiger partial charge in [0.1, 0.15) is 11.4 Å². The third-order valence-corrected chi connectivity index (χ3v) is 2.72. The molecule has 0 saturated carbocycles. The summed E-state index contributed by atoms with van der Waals surface area (Å²) in [5.41, 5.74) is 7.34. The fourth-order valence-corrected chi connectivity index (χ4v) is 2.01. The van der Waals surface area contributed by atoms with E-state index < -0.39 is 0 Å². The second-order valence-electron chi connectivity index (χ2n) is 3.76. The van der Waals surface area contributed by atoms with Crippen molar-refractivity contribution in [3.8, 4) is 5.75 Å². The van der Waals surface area contributed by atoms with Crippen molar-refractivity contribution in [2.45, 2.75) is 19.3 Å². The maximum absolute atomic E-state index is 9.72. The largest absolute Gasteiger partial charge is 0.506 e. The third kappa shape index (κ3) is 1.62. The molecular weight excluding hydrogens is 176 g/mol. The number of aromatic hydroxyl groups is 1. The van der Waals surface area contributed by atoms with Crippen LogP contribution < -0.4 is 10.6 Å². The van der Waals surface area contributed by atoms with Crippen LogP contribution in [0, 0.1) is 0 Å². The summed E-state index contributed by atoms with van der Waals surface area (Å²) in [6, 6.07) is 5.31. The second kappa shape index (κ2) is 3.78. The molecule has 0 spiro atoms. The number of phenols is 1. The van der Waals surface area contributed by atoms with Crippen LogP contribution in [0.25, 0.3) is 0 Å². The molecule has 0 aliphatic carbocycles. The highest BCUT2D eigenvalue weighted by Crippen LogP contribution is 2.34. The number of para-hydroxylation sites is 1. The van der Waals surface area contributed by atoms with Crippen molar-refractivity contribution in [1.82, 2.24) is 0 Å². The number of benzene rings is 1. The molecule has 2 rings (SSSR count). The molecule has 3 heteroatoms. The molecule has 1 saturated heterocycles. The number of phenolic OH excluding ortho intramolecular Hbond substituents is 1. The van der Waals surface area contributed by atoms with E-state index in [2.05, 4.69) is 4.90 Å². The van der Waals surface area contributed by atoms with Crippen LogP contribution in [0.4, 0.5) is 11.4 Å². The standard InChI is InChI=1S/C11H16N2O/c12-9-5-4-6-10(14)11(9)13-7-2-1-3-8-13/h4-6,14H,1-3,7-8,12H2. The average Bonchev–Trinajstić information content (AvgIpc) is 2.19. The number of hydrogen-bond donors (Lipinski definition) is 2. The van der Waals surface area contributed by atoms with E-state index in [-0.39, 0.29) is 0 Å². The van der Waals surface area contributed by atoms with E-state index in [9.17, 15) is 5.11 Å². The summed E-state index contributed by atoms with van der Waals surface area (Å²) in [6.45, 7) is 2.00. The molecular formula is C11H16N2O. The molecule has 3 nitrogen and oxygen atoms in total. The van der Waals surface area contributed by atoms with E-state index in [1.54, 1.807) is 12.1 Å². The van der Waals surface area contributed by atoms with E-state index in [0.29, 0.717) is 11.4 Å². The Morgan fingerprint density at radius 2 is 1.86 bits per heavy atom. The molecule has 0 unspecified atom stereocenters. The lowest BCUT2D eigenvalue weighted by Crippen LogP contribution is -2.30. The molecule has 1 aliphatic heterocycles. The fourth-order valence-electron chi connectivity index (χ4n) is 2.01. The molecule has 1 aromatic carbocycles. The Morgan fingerprint density at radius 3 is 2.50 bits per heavy atom. The summed E-state index contributed by atoms with van der Waals surface area (Å²) in [4.78, 5) is 2.17. The number of nitrogens with two attached hydrogens (primary N) is 1. The number of nitrogen functional groups attached to an aromatic ring is 1. The smallest absolute Gasteiger partial charge is 0.141 e. The highest BCUT2D eigenvalue weighted by atomic mass is 16.3. The van der Waals surface area contributed by atoms with Gasteiger partial charge in [-0.05, 0) is 31.4 Å². The summed E-state index contributed by atoms with van der Waals surface area (Å²) in [5.74, 6) is 0.298. The van der Waals surface area contributed by atoms with Crippen LogP contribution >= 0.6 is 0 Å². The first-order valence-electron chi connectivity index (χ1n) is 5.11. The second-order valence-corrected chi connectivity index (χ2v) is 3.76. The predicted molar refractivity (Wildman–Crippen MR) is 58.6 cm³/mol. The molecule has 14 heavy (non-hydrogen) atoms. The molecule has 1 heterocycles. The van der Waals surface area contributed by atoms with Gasteiger partial charge in [0.05, 0.1) is 5.69 Å². The maximum atomic E-state index is 9.72. The summed E-state index contributed by atoms with van der Waals surface area (Å²) < 4.78 is 0. The number of hydrogen-bond acceptors (Lipinski definition) is 3. The number of piperidine rings is 1. The van der Waals surface area contributed by atoms with Crippen LogP contribution in [0.1, 0.15) is 19.3 Å². The van der Waals surface area contributed by atoms with Crippen molar-refractivity contribution in [2.24, 2.45) is 0 Å². The Labute approximate surface area is 84.1 Å². The topological polar surface area (TPSA) is 49.5 Å². The highest BCUT2D eigenvalue weighted by molar-refractivity contribution is 5.74. The summed E-state index contributed by atoms with van der Waals surface area (Å²) in [5, 5.41) is 9.72. The van der Waals surface area contributed by atoms with Gasteiger partial charge in [0.2, 0.25) is 0 Å². The predicted octanol–water partition coefficient (Wildman–Crippen LogP) is 1.96. The molecule has 76 valence electrons. The van der Waals surface area contributed by atoms with Gasteiger partial charge in [-0.15, -0.1) is 0 Å². The van der Waals surface area contributed by atoms with Crippen LogP contribution in [0.2, 0.25) is 0 Å². The van der Waals surface area contributed by atoms with E-state index in [0.717, 1.165) is 18.8 Å². The number of rotatable bonds is 1. The Hall–Kier alpha value is -1.38. The first-order chi connectivity index (χ1) is 6.79. The van der Waals surface area contributed by atoms with Crippen molar-refractivity contribution in [1.29, 1.82) is 0 Å². The van der Waals surface area contributed by atoms with Crippen LogP contribution in [0.15, 0.2) is 18.2 Å². The SMILES string of the molecule is Nc1cccc(O)c1N1CCCCC1. The van der Waals surface area contributed by atoms with E-state index in [1.165, 1.54) is 19.3 Å². The maximum Gasteiger partial charge on any atom is 0.141 e. The van der Waals surface area contributed by atoms with Gasteiger partial charge in [-0.25, -0.2) is 0 Å². The zero-order valence-corrected chi connectivity index (χ0v) is 8.24. The van der Waals surface area contributed by atoms with Crippen molar-refractivity contribution in [3.05, 3.63) is 18.2 Å². The molecule has 3 N–H and O–H groups in total. The van der Waals surface area contributed by atoms with Crippen LogP contribution in [-0.4, -0.2) is 18.2 Å². The lowest BCUT2D eigenvalue weighted by atomic mass is 10.1. The molecule has 1 fully saturated rings. The molecule has 0 radical (unpaired) electrons. The van der Waals surface area contributed by atoms with E-state index in [1.807, 2.05) is 6.07 Å². The Balaban J connectivity index is 2.29. The quantitative estimate of drug-likeness (QED) is 0.669. The lowest BCUT2D eigenvalue weighted by Gasteiger charge is -2.30. The highest BCUT2D eigenvalue weighted by Gasteiger charge is 2.16. The Bertz CT molecular complexity index is 299. The first-order valence-corrected chi connectivity index (χ1v) is 5.11. The number of nitrogens with zero attached hydrogens (tertiary/aromatic N) is 1. The van der Waals surface area contributed by atoms with Crippen molar-refractivity contribution in [2.75, 3.05) is 23.7 Å². The van der Waals surface area contributed by atoms with Crippen LogP contribution in [0.3, 0.4) is 0 Å². The molecule has 0 atom stereocenters. The van der Waals surface area contributed by atoms with Crippen LogP contribution in [-0.2, 0) is 0 Å². The molecule has 1 aromatic rings. The van der Waals surface area contributed by atoms with Gasteiger partial charge in [0.25, 0.3) is 0 Å². The van der Waals surface area contributed by atoms with Gasteiger partial charge in [-0.3, -0.25) is 0 Å². The van der Waals surface area contributed by atoms with Crippen molar-refractivity contribution < 1.29 is 5.11 Å². The normalized spacial score (nSPS) is 17.0. The van der Waals surface area contributed by atoms with E-state index in [4.69, 9.17) is 5.73 Å². The zero-order valence-electron chi connectivity index (χ0n) is 8.24.